The van der Waals surface area contributed by atoms with Gasteiger partial charge in [-0.25, -0.2) is 0 Å². The normalized spacial score (nSPS) is 12.4. The minimum atomic E-state index is 0.181. The Hall–Kier alpha value is -1.83. The number of rotatable bonds is 5. The quantitative estimate of drug-likeness (QED) is 0.786. The summed E-state index contributed by atoms with van der Waals surface area (Å²) in [5.74, 6) is 0. The Morgan fingerprint density at radius 2 is 2.06 bits per heavy atom. The molecule has 1 unspecified atom stereocenters. The van der Waals surface area contributed by atoms with Gasteiger partial charge in [0.2, 0.25) is 0 Å². The van der Waals surface area contributed by atoms with Gasteiger partial charge in [-0.15, -0.1) is 0 Å². The smallest absolute Gasteiger partial charge is 0.0480 e. The number of allylic oxidation sites excluding steroid dienone is 2. The second kappa shape index (κ2) is 6.20. The van der Waals surface area contributed by atoms with Crippen LogP contribution in [0.1, 0.15) is 23.7 Å². The fourth-order valence-electron chi connectivity index (χ4n) is 1.70. The number of aromatic nitrogens is 1. The van der Waals surface area contributed by atoms with Crippen LogP contribution in [0.4, 0.5) is 5.69 Å². The van der Waals surface area contributed by atoms with Gasteiger partial charge >= 0.3 is 0 Å². The maximum absolute atomic E-state index is 4.35. The molecule has 1 N–H and O–H groups in total. The number of anilines is 1. The maximum Gasteiger partial charge on any atom is 0.0480 e. The first kappa shape index (κ1) is 14.2. The predicted molar refractivity (Wildman–Crippen MR) is 80.0 cm³/mol. The molecular weight excluding hydrogens is 220 g/mol. The lowest BCUT2D eigenvalue weighted by atomic mass is 10.1. The standard InChI is InChI=1S/C16H22N2/c1-7-8-9-11(2)14(5)18-16-12(3)10-17-15(6)13(16)4/h7-10,14H,1-2H2,3-6H3,(H,17,18). The average Bonchev–Trinajstić information content (AvgIpc) is 2.36. The van der Waals surface area contributed by atoms with E-state index in [1.807, 2.05) is 25.3 Å². The lowest BCUT2D eigenvalue weighted by Crippen LogP contribution is -2.18. The molecule has 1 heterocycles. The van der Waals surface area contributed by atoms with Gasteiger partial charge in [-0.05, 0) is 44.4 Å². The van der Waals surface area contributed by atoms with Crippen molar-refractivity contribution in [2.45, 2.75) is 33.7 Å². The number of aryl methyl sites for hydroxylation is 2. The van der Waals surface area contributed by atoms with Crippen molar-refractivity contribution in [3.8, 4) is 0 Å². The Labute approximate surface area is 110 Å². The minimum Gasteiger partial charge on any atom is -0.378 e. The van der Waals surface area contributed by atoms with Crippen molar-refractivity contribution in [2.75, 3.05) is 5.32 Å². The second-order valence-electron chi connectivity index (χ2n) is 4.56. The molecule has 1 rings (SSSR count). The van der Waals surface area contributed by atoms with E-state index in [2.05, 4.69) is 44.2 Å². The lowest BCUT2D eigenvalue weighted by Gasteiger charge is -2.20. The summed E-state index contributed by atoms with van der Waals surface area (Å²) in [5.41, 5.74) is 5.60. The summed E-state index contributed by atoms with van der Waals surface area (Å²) >= 11 is 0. The second-order valence-corrected chi connectivity index (χ2v) is 4.56. The van der Waals surface area contributed by atoms with E-state index >= 15 is 0 Å². The van der Waals surface area contributed by atoms with Crippen LogP contribution in [-0.2, 0) is 0 Å². The largest absolute Gasteiger partial charge is 0.378 e. The topological polar surface area (TPSA) is 24.9 Å². The van der Waals surface area contributed by atoms with E-state index in [1.54, 1.807) is 6.08 Å². The summed E-state index contributed by atoms with van der Waals surface area (Å²) < 4.78 is 0. The molecule has 0 bridgehead atoms. The van der Waals surface area contributed by atoms with Crippen LogP contribution in [0.25, 0.3) is 0 Å². The van der Waals surface area contributed by atoms with Crippen LogP contribution in [0.2, 0.25) is 0 Å². The van der Waals surface area contributed by atoms with Crippen molar-refractivity contribution in [3.05, 3.63) is 60.0 Å². The van der Waals surface area contributed by atoms with Gasteiger partial charge in [-0.1, -0.05) is 31.4 Å². The third-order valence-electron chi connectivity index (χ3n) is 3.13. The SMILES string of the molecule is C=CC=CC(=C)C(C)Nc1c(C)cnc(C)c1C. The van der Waals surface area contributed by atoms with E-state index in [0.29, 0.717) is 0 Å². The Kier molecular flexibility index (Phi) is 4.90. The van der Waals surface area contributed by atoms with Crippen molar-refractivity contribution in [3.63, 3.8) is 0 Å². The van der Waals surface area contributed by atoms with Crippen molar-refractivity contribution in [1.29, 1.82) is 0 Å². The number of hydrogen-bond acceptors (Lipinski definition) is 2. The predicted octanol–water partition coefficient (Wildman–Crippen LogP) is 4.11. The highest BCUT2D eigenvalue weighted by atomic mass is 14.9. The molecule has 0 aliphatic carbocycles. The lowest BCUT2D eigenvalue weighted by molar-refractivity contribution is 0.944. The molecule has 0 aromatic carbocycles. The van der Waals surface area contributed by atoms with E-state index in [1.165, 1.54) is 5.56 Å². The van der Waals surface area contributed by atoms with Gasteiger partial charge in [-0.2, -0.15) is 0 Å². The fourth-order valence-corrected chi connectivity index (χ4v) is 1.70. The number of nitrogens with zero attached hydrogens (tertiary/aromatic N) is 1. The molecule has 0 aliphatic rings. The van der Waals surface area contributed by atoms with E-state index < -0.39 is 0 Å². The Balaban J connectivity index is 2.91. The van der Waals surface area contributed by atoms with Crippen LogP contribution >= 0.6 is 0 Å². The van der Waals surface area contributed by atoms with Crippen LogP contribution in [0.15, 0.2) is 43.2 Å². The summed E-state index contributed by atoms with van der Waals surface area (Å²) in [6.45, 7) is 16.0. The van der Waals surface area contributed by atoms with Crippen LogP contribution in [-0.4, -0.2) is 11.0 Å². The van der Waals surface area contributed by atoms with E-state index in [-0.39, 0.29) is 6.04 Å². The van der Waals surface area contributed by atoms with Gasteiger partial charge in [0, 0.05) is 23.6 Å². The molecule has 1 atom stereocenters. The molecule has 2 heteroatoms. The average molecular weight is 242 g/mol. The molecule has 18 heavy (non-hydrogen) atoms. The molecule has 0 spiro atoms. The highest BCUT2D eigenvalue weighted by molar-refractivity contribution is 5.58. The summed E-state index contributed by atoms with van der Waals surface area (Å²) in [5, 5.41) is 3.50. The van der Waals surface area contributed by atoms with Crippen molar-refractivity contribution in [2.24, 2.45) is 0 Å². The summed E-state index contributed by atoms with van der Waals surface area (Å²) in [4.78, 5) is 4.35. The van der Waals surface area contributed by atoms with E-state index in [4.69, 9.17) is 0 Å². The summed E-state index contributed by atoms with van der Waals surface area (Å²) in [7, 11) is 0. The van der Waals surface area contributed by atoms with Crippen molar-refractivity contribution in [1.82, 2.24) is 4.98 Å². The molecule has 0 aliphatic heterocycles. The van der Waals surface area contributed by atoms with Crippen LogP contribution in [0.3, 0.4) is 0 Å². The zero-order valence-corrected chi connectivity index (χ0v) is 11.7. The Bertz CT molecular complexity index is 484. The maximum atomic E-state index is 4.35. The first-order valence-corrected chi connectivity index (χ1v) is 6.14. The van der Waals surface area contributed by atoms with Crippen LogP contribution < -0.4 is 5.32 Å². The van der Waals surface area contributed by atoms with Gasteiger partial charge in [0.1, 0.15) is 0 Å². The van der Waals surface area contributed by atoms with Crippen LogP contribution in [0.5, 0.6) is 0 Å². The van der Waals surface area contributed by atoms with Gasteiger partial charge < -0.3 is 5.32 Å². The van der Waals surface area contributed by atoms with Crippen molar-refractivity contribution >= 4 is 5.69 Å². The molecule has 96 valence electrons. The third-order valence-corrected chi connectivity index (χ3v) is 3.13. The van der Waals surface area contributed by atoms with Crippen LogP contribution in [0, 0.1) is 20.8 Å². The molecule has 1 aromatic heterocycles. The molecule has 0 saturated heterocycles. The summed E-state index contributed by atoms with van der Waals surface area (Å²) in [6.07, 6.45) is 7.53. The molecule has 0 saturated carbocycles. The first-order valence-electron chi connectivity index (χ1n) is 6.14. The molecule has 0 fully saturated rings. The highest BCUT2D eigenvalue weighted by Gasteiger charge is 2.10. The minimum absolute atomic E-state index is 0.181. The molecule has 2 nitrogen and oxygen atoms in total. The zero-order valence-electron chi connectivity index (χ0n) is 11.7. The Morgan fingerprint density at radius 3 is 2.67 bits per heavy atom. The van der Waals surface area contributed by atoms with Crippen molar-refractivity contribution < 1.29 is 0 Å². The van der Waals surface area contributed by atoms with Gasteiger partial charge in [-0.3, -0.25) is 4.98 Å². The molecule has 1 aromatic rings. The monoisotopic (exact) mass is 242 g/mol. The van der Waals surface area contributed by atoms with Gasteiger partial charge in [0.15, 0.2) is 0 Å². The van der Waals surface area contributed by atoms with Gasteiger partial charge in [0.05, 0.1) is 0 Å². The number of hydrogen-bond donors (Lipinski definition) is 1. The molecule has 0 amide bonds. The molecule has 0 radical (unpaired) electrons. The molecular formula is C16H22N2. The van der Waals surface area contributed by atoms with E-state index in [9.17, 15) is 0 Å². The summed E-state index contributed by atoms with van der Waals surface area (Å²) in [6, 6.07) is 0.181. The third kappa shape index (κ3) is 3.33. The Morgan fingerprint density at radius 1 is 1.39 bits per heavy atom. The van der Waals surface area contributed by atoms with E-state index in [0.717, 1.165) is 22.5 Å². The number of pyridine rings is 1. The first-order chi connectivity index (χ1) is 8.47. The highest BCUT2D eigenvalue weighted by Crippen LogP contribution is 2.23. The number of nitrogens with one attached hydrogen (secondary N) is 1. The fraction of sp³-hybridized carbons (Fsp3) is 0.312. The zero-order chi connectivity index (χ0) is 13.7. The van der Waals surface area contributed by atoms with Gasteiger partial charge in [0.25, 0.3) is 0 Å².